The third-order valence-corrected chi connectivity index (χ3v) is 4.27. The zero-order chi connectivity index (χ0) is 13.6. The Labute approximate surface area is 123 Å². The molecule has 0 radical (unpaired) electrons. The summed E-state index contributed by atoms with van der Waals surface area (Å²) < 4.78 is 16.9. The van der Waals surface area contributed by atoms with Crippen molar-refractivity contribution in [3.8, 4) is 5.69 Å². The first-order valence-corrected chi connectivity index (χ1v) is 6.94. The van der Waals surface area contributed by atoms with Crippen molar-refractivity contribution in [3.63, 3.8) is 0 Å². The fourth-order valence-electron chi connectivity index (χ4n) is 2.15. The summed E-state index contributed by atoms with van der Waals surface area (Å²) in [5.41, 5.74) is 3.57. The Balaban J connectivity index is 2.42. The van der Waals surface area contributed by atoms with Crippen LogP contribution in [0.2, 0.25) is 0 Å². The fraction of sp³-hybridized carbons (Fsp3) is 0.0714. The molecule has 0 atom stereocenters. The molecule has 5 heteroatoms. The molecule has 19 heavy (non-hydrogen) atoms. The van der Waals surface area contributed by atoms with Gasteiger partial charge in [-0.1, -0.05) is 22.0 Å². The number of H-pyrrole nitrogens is 1. The summed E-state index contributed by atoms with van der Waals surface area (Å²) in [4.78, 5) is 3.10. The molecule has 2 aromatic carbocycles. The predicted octanol–water partition coefficient (Wildman–Crippen LogP) is 4.90. The lowest BCUT2D eigenvalue weighted by molar-refractivity contribution is 0.629. The number of rotatable bonds is 1. The summed E-state index contributed by atoms with van der Waals surface area (Å²) in [5.74, 6) is -0.275. The largest absolute Gasteiger partial charge is 0.330 e. The Hall–Kier alpha value is -1.46. The molecule has 2 nitrogen and oxygen atoms in total. The molecular formula is C14H10BrFN2S. The van der Waals surface area contributed by atoms with Gasteiger partial charge in [0, 0.05) is 10.5 Å². The van der Waals surface area contributed by atoms with Gasteiger partial charge in [0.05, 0.1) is 16.7 Å². The Morgan fingerprint density at radius 1 is 1.26 bits per heavy atom. The first kappa shape index (κ1) is 12.6. The van der Waals surface area contributed by atoms with E-state index in [1.165, 1.54) is 12.1 Å². The van der Waals surface area contributed by atoms with Crippen LogP contribution in [0, 0.1) is 17.5 Å². The van der Waals surface area contributed by atoms with E-state index < -0.39 is 0 Å². The Bertz CT molecular complexity index is 835. The van der Waals surface area contributed by atoms with E-state index in [0.717, 1.165) is 26.8 Å². The van der Waals surface area contributed by atoms with Gasteiger partial charge in [0.15, 0.2) is 4.77 Å². The van der Waals surface area contributed by atoms with Crippen LogP contribution in [-0.2, 0) is 0 Å². The van der Waals surface area contributed by atoms with Crippen LogP contribution in [0.1, 0.15) is 5.56 Å². The highest BCUT2D eigenvalue weighted by molar-refractivity contribution is 9.10. The maximum absolute atomic E-state index is 13.5. The van der Waals surface area contributed by atoms with Crippen LogP contribution in [0.5, 0.6) is 0 Å². The number of benzene rings is 2. The zero-order valence-electron chi connectivity index (χ0n) is 10.1. The van der Waals surface area contributed by atoms with Crippen molar-refractivity contribution in [1.29, 1.82) is 0 Å². The summed E-state index contributed by atoms with van der Waals surface area (Å²) >= 11 is 8.85. The monoisotopic (exact) mass is 336 g/mol. The van der Waals surface area contributed by atoms with E-state index >= 15 is 0 Å². The van der Waals surface area contributed by atoms with Gasteiger partial charge in [-0.25, -0.2) is 4.39 Å². The molecule has 0 amide bonds. The third-order valence-electron chi connectivity index (χ3n) is 3.13. The van der Waals surface area contributed by atoms with E-state index in [9.17, 15) is 4.39 Å². The summed E-state index contributed by atoms with van der Waals surface area (Å²) in [5, 5.41) is 0. The van der Waals surface area contributed by atoms with Crippen molar-refractivity contribution in [2.75, 3.05) is 0 Å². The molecule has 0 aliphatic rings. The van der Waals surface area contributed by atoms with Gasteiger partial charge in [0.2, 0.25) is 0 Å². The van der Waals surface area contributed by atoms with E-state index in [0.29, 0.717) is 4.77 Å². The predicted molar refractivity (Wildman–Crippen MR) is 80.9 cm³/mol. The highest BCUT2D eigenvalue weighted by atomic mass is 79.9. The standard InChI is InChI=1S/C14H10BrFN2S/c1-8-10(15)3-2-4-12(8)18-13-7-9(16)5-6-11(13)17-14(18)19/h2-7H,1H3,(H,17,19). The number of aromatic nitrogens is 2. The van der Waals surface area contributed by atoms with Gasteiger partial charge >= 0.3 is 0 Å². The molecule has 1 heterocycles. The minimum atomic E-state index is -0.275. The summed E-state index contributed by atoms with van der Waals surface area (Å²) in [6.07, 6.45) is 0. The number of aromatic amines is 1. The fourth-order valence-corrected chi connectivity index (χ4v) is 2.82. The molecule has 0 aliphatic carbocycles. The minimum absolute atomic E-state index is 0.275. The van der Waals surface area contributed by atoms with Crippen molar-refractivity contribution in [1.82, 2.24) is 9.55 Å². The Morgan fingerprint density at radius 2 is 2.05 bits per heavy atom. The van der Waals surface area contributed by atoms with Gasteiger partial charge in [-0.3, -0.25) is 4.57 Å². The summed E-state index contributed by atoms with van der Waals surface area (Å²) in [6.45, 7) is 2.00. The van der Waals surface area contributed by atoms with Crippen molar-refractivity contribution in [2.45, 2.75) is 6.92 Å². The number of halogens is 2. The number of nitrogens with one attached hydrogen (secondary N) is 1. The van der Waals surface area contributed by atoms with Gasteiger partial charge in [-0.15, -0.1) is 0 Å². The third kappa shape index (κ3) is 2.03. The molecule has 0 unspecified atom stereocenters. The number of hydrogen-bond acceptors (Lipinski definition) is 1. The first-order valence-electron chi connectivity index (χ1n) is 5.73. The molecule has 3 rings (SSSR count). The van der Waals surface area contributed by atoms with E-state index in [-0.39, 0.29) is 5.82 Å². The maximum atomic E-state index is 13.5. The molecule has 0 spiro atoms. The van der Waals surface area contributed by atoms with Crippen LogP contribution in [0.15, 0.2) is 40.9 Å². The van der Waals surface area contributed by atoms with Crippen molar-refractivity contribution in [2.24, 2.45) is 0 Å². The molecule has 96 valence electrons. The molecule has 0 aliphatic heterocycles. The number of hydrogen-bond donors (Lipinski definition) is 1. The normalized spacial score (nSPS) is 11.1. The van der Waals surface area contributed by atoms with Crippen LogP contribution in [0.25, 0.3) is 16.7 Å². The van der Waals surface area contributed by atoms with E-state index in [4.69, 9.17) is 12.2 Å². The van der Waals surface area contributed by atoms with Crippen molar-refractivity contribution in [3.05, 3.63) is 57.0 Å². The zero-order valence-corrected chi connectivity index (χ0v) is 12.5. The molecule has 1 N–H and O–H groups in total. The lowest BCUT2D eigenvalue weighted by Gasteiger charge is -2.09. The molecular weight excluding hydrogens is 327 g/mol. The smallest absolute Gasteiger partial charge is 0.182 e. The summed E-state index contributed by atoms with van der Waals surface area (Å²) in [6, 6.07) is 10.5. The van der Waals surface area contributed by atoms with Gasteiger partial charge in [-0.05, 0) is 49.0 Å². The Morgan fingerprint density at radius 3 is 2.84 bits per heavy atom. The highest BCUT2D eigenvalue weighted by Gasteiger charge is 2.10. The number of imidazole rings is 1. The minimum Gasteiger partial charge on any atom is -0.330 e. The molecule has 0 bridgehead atoms. The van der Waals surface area contributed by atoms with Crippen LogP contribution in [0.4, 0.5) is 4.39 Å². The van der Waals surface area contributed by atoms with E-state index in [1.54, 1.807) is 6.07 Å². The lowest BCUT2D eigenvalue weighted by Crippen LogP contribution is -1.97. The highest BCUT2D eigenvalue weighted by Crippen LogP contribution is 2.26. The SMILES string of the molecule is Cc1c(Br)cccc1-n1c(=S)[nH]c2ccc(F)cc21. The van der Waals surface area contributed by atoms with Gasteiger partial charge < -0.3 is 4.98 Å². The molecule has 0 fully saturated rings. The lowest BCUT2D eigenvalue weighted by atomic mass is 10.2. The van der Waals surface area contributed by atoms with Crippen LogP contribution in [-0.4, -0.2) is 9.55 Å². The van der Waals surface area contributed by atoms with Crippen LogP contribution >= 0.6 is 28.1 Å². The second-order valence-electron chi connectivity index (χ2n) is 4.31. The average Bonchev–Trinajstić information content (AvgIpc) is 2.69. The van der Waals surface area contributed by atoms with Gasteiger partial charge in [0.1, 0.15) is 5.82 Å². The molecule has 3 aromatic rings. The van der Waals surface area contributed by atoms with Gasteiger partial charge in [0.25, 0.3) is 0 Å². The van der Waals surface area contributed by atoms with E-state index in [2.05, 4.69) is 20.9 Å². The number of nitrogens with zero attached hydrogens (tertiary/aromatic N) is 1. The molecule has 0 saturated heterocycles. The van der Waals surface area contributed by atoms with Crippen molar-refractivity contribution < 1.29 is 4.39 Å². The maximum Gasteiger partial charge on any atom is 0.182 e. The summed E-state index contributed by atoms with van der Waals surface area (Å²) in [7, 11) is 0. The van der Waals surface area contributed by atoms with Crippen molar-refractivity contribution >= 4 is 39.2 Å². The topological polar surface area (TPSA) is 20.7 Å². The molecule has 1 aromatic heterocycles. The van der Waals surface area contributed by atoms with Crippen LogP contribution in [0.3, 0.4) is 0 Å². The second kappa shape index (κ2) is 4.58. The van der Waals surface area contributed by atoms with Crippen LogP contribution < -0.4 is 0 Å². The number of fused-ring (bicyclic) bond motifs is 1. The average molecular weight is 337 g/mol. The second-order valence-corrected chi connectivity index (χ2v) is 5.55. The Kier molecular flexibility index (Phi) is 3.03. The first-order chi connectivity index (χ1) is 9.08. The molecule has 0 saturated carbocycles. The van der Waals surface area contributed by atoms with Gasteiger partial charge in [-0.2, -0.15) is 0 Å². The van der Waals surface area contributed by atoms with E-state index in [1.807, 2.05) is 29.7 Å². The quantitative estimate of drug-likeness (QED) is 0.627.